The predicted octanol–water partition coefficient (Wildman–Crippen LogP) is 4.95. The Bertz CT molecular complexity index is 1110. The molecule has 8 heteroatoms. The summed E-state index contributed by atoms with van der Waals surface area (Å²) in [6, 6.07) is 13.5. The van der Waals surface area contributed by atoms with Gasteiger partial charge in [-0.1, -0.05) is 35.9 Å². The molecule has 0 aliphatic rings. The number of anilines is 1. The van der Waals surface area contributed by atoms with Crippen molar-refractivity contribution in [3.63, 3.8) is 0 Å². The summed E-state index contributed by atoms with van der Waals surface area (Å²) in [7, 11) is 0. The molecule has 146 valence electrons. The molecule has 2 aromatic carbocycles. The topological polar surface area (TPSA) is 81.6 Å². The number of nitriles is 1. The first-order valence-electron chi connectivity index (χ1n) is 8.49. The number of hydrogen-bond acceptors (Lipinski definition) is 3. The molecule has 3 rings (SSSR count). The van der Waals surface area contributed by atoms with Gasteiger partial charge in [-0.15, -0.1) is 0 Å². The lowest BCUT2D eigenvalue weighted by molar-refractivity contribution is -0.137. The molecule has 1 aromatic heterocycles. The van der Waals surface area contributed by atoms with Crippen LogP contribution in [0.4, 0.5) is 18.9 Å². The number of carbonyl (C=O) groups excluding carboxylic acids is 1. The van der Waals surface area contributed by atoms with Crippen LogP contribution in [0.1, 0.15) is 16.7 Å². The first kappa shape index (κ1) is 19.9. The average Bonchev–Trinajstić information content (AvgIpc) is 3.14. The Morgan fingerprint density at radius 1 is 1.21 bits per heavy atom. The molecule has 2 N–H and O–H groups in total. The van der Waals surface area contributed by atoms with Gasteiger partial charge in [-0.3, -0.25) is 9.89 Å². The second kappa shape index (κ2) is 8.02. The third kappa shape index (κ3) is 4.71. The van der Waals surface area contributed by atoms with Crippen molar-refractivity contribution in [3.05, 3.63) is 77.0 Å². The second-order valence-corrected chi connectivity index (χ2v) is 6.27. The number of rotatable bonds is 4. The second-order valence-electron chi connectivity index (χ2n) is 6.27. The Kier molecular flexibility index (Phi) is 5.50. The lowest BCUT2D eigenvalue weighted by Crippen LogP contribution is -2.14. The van der Waals surface area contributed by atoms with Crippen LogP contribution in [-0.4, -0.2) is 16.1 Å². The van der Waals surface area contributed by atoms with Crippen molar-refractivity contribution in [3.8, 4) is 17.3 Å². The quantitative estimate of drug-likeness (QED) is 0.484. The van der Waals surface area contributed by atoms with E-state index in [1.807, 2.05) is 31.2 Å². The van der Waals surface area contributed by atoms with E-state index in [1.54, 1.807) is 6.07 Å². The first-order chi connectivity index (χ1) is 13.8. The highest BCUT2D eigenvalue weighted by Gasteiger charge is 2.30. The van der Waals surface area contributed by atoms with Crippen molar-refractivity contribution in [1.29, 1.82) is 5.26 Å². The van der Waals surface area contributed by atoms with E-state index in [4.69, 9.17) is 0 Å². The lowest BCUT2D eigenvalue weighted by Gasteiger charge is -2.09. The molecular weight excluding hydrogens is 381 g/mol. The van der Waals surface area contributed by atoms with Crippen molar-refractivity contribution in [1.82, 2.24) is 10.2 Å². The lowest BCUT2D eigenvalue weighted by atomic mass is 10.0. The van der Waals surface area contributed by atoms with Crippen LogP contribution < -0.4 is 5.32 Å². The van der Waals surface area contributed by atoms with E-state index in [0.717, 1.165) is 23.3 Å². The highest BCUT2D eigenvalue weighted by Crippen LogP contribution is 2.31. The van der Waals surface area contributed by atoms with Crippen LogP contribution in [0.5, 0.6) is 0 Å². The van der Waals surface area contributed by atoms with Gasteiger partial charge >= 0.3 is 6.18 Å². The van der Waals surface area contributed by atoms with Gasteiger partial charge in [0.05, 0.1) is 17.5 Å². The minimum atomic E-state index is -4.53. The molecule has 29 heavy (non-hydrogen) atoms. The summed E-state index contributed by atoms with van der Waals surface area (Å²) in [5, 5.41) is 18.5. The summed E-state index contributed by atoms with van der Waals surface area (Å²) in [5.74, 6) is -0.817. The molecule has 0 radical (unpaired) electrons. The van der Waals surface area contributed by atoms with Crippen molar-refractivity contribution in [2.24, 2.45) is 0 Å². The number of aryl methyl sites for hydroxylation is 1. The van der Waals surface area contributed by atoms with Gasteiger partial charge in [-0.25, -0.2) is 0 Å². The predicted molar refractivity (Wildman–Crippen MR) is 102 cm³/mol. The number of benzene rings is 2. The van der Waals surface area contributed by atoms with Crippen LogP contribution in [0.3, 0.4) is 0 Å². The number of aromatic nitrogens is 2. The fourth-order valence-electron chi connectivity index (χ4n) is 2.63. The van der Waals surface area contributed by atoms with Gasteiger partial charge in [-0.05, 0) is 31.2 Å². The summed E-state index contributed by atoms with van der Waals surface area (Å²) in [5.41, 5.74) is 1.79. The highest BCUT2D eigenvalue weighted by atomic mass is 19.4. The number of nitrogens with one attached hydrogen (secondary N) is 2. The molecule has 5 nitrogen and oxygen atoms in total. The average molecular weight is 396 g/mol. The summed E-state index contributed by atoms with van der Waals surface area (Å²) < 4.78 is 38.5. The monoisotopic (exact) mass is 396 g/mol. The standard InChI is InChI=1S/C21H15F3N4O/c1-13-5-7-14(8-6-13)19-16(12-26-28-19)9-15(11-25)20(29)27-18-4-2-3-17(10-18)21(22,23)24/h2-10,12H,1H3,(H,26,28)(H,27,29)/b15-9+. The zero-order valence-corrected chi connectivity index (χ0v) is 15.2. The van der Waals surface area contributed by atoms with Crippen molar-refractivity contribution in [2.75, 3.05) is 5.32 Å². The maximum atomic E-state index is 12.8. The number of amides is 1. The molecule has 0 fully saturated rings. The molecular formula is C21H15F3N4O. The molecule has 0 bridgehead atoms. The van der Waals surface area contributed by atoms with E-state index in [1.165, 1.54) is 24.4 Å². The number of carbonyl (C=O) groups is 1. The molecule has 0 atom stereocenters. The van der Waals surface area contributed by atoms with Gasteiger partial charge in [0.2, 0.25) is 0 Å². The Morgan fingerprint density at radius 3 is 2.59 bits per heavy atom. The number of halogens is 3. The van der Waals surface area contributed by atoms with Crippen LogP contribution in [0.25, 0.3) is 17.3 Å². The number of nitrogens with zero attached hydrogens (tertiary/aromatic N) is 2. The van der Waals surface area contributed by atoms with E-state index in [2.05, 4.69) is 15.5 Å². The van der Waals surface area contributed by atoms with Gasteiger partial charge < -0.3 is 5.32 Å². The zero-order chi connectivity index (χ0) is 21.0. The van der Waals surface area contributed by atoms with E-state index < -0.39 is 17.6 Å². The molecule has 0 saturated heterocycles. The Balaban J connectivity index is 1.86. The number of hydrogen-bond donors (Lipinski definition) is 2. The SMILES string of the molecule is Cc1ccc(-c2[nH]ncc2/C=C(\C#N)C(=O)Nc2cccc(C(F)(F)F)c2)cc1. The third-order valence-electron chi connectivity index (χ3n) is 4.12. The molecule has 0 saturated carbocycles. The van der Waals surface area contributed by atoms with Crippen molar-refractivity contribution < 1.29 is 18.0 Å². The smallest absolute Gasteiger partial charge is 0.321 e. The van der Waals surface area contributed by atoms with Crippen molar-refractivity contribution in [2.45, 2.75) is 13.1 Å². The molecule has 0 unspecified atom stereocenters. The number of alkyl halides is 3. The van der Waals surface area contributed by atoms with Gasteiger partial charge in [0.1, 0.15) is 11.6 Å². The van der Waals surface area contributed by atoms with Crippen LogP contribution in [0.15, 0.2) is 60.3 Å². The van der Waals surface area contributed by atoms with E-state index in [9.17, 15) is 23.2 Å². The van der Waals surface area contributed by atoms with Crippen LogP contribution >= 0.6 is 0 Å². The number of H-pyrrole nitrogens is 1. The van der Waals surface area contributed by atoms with E-state index in [-0.39, 0.29) is 11.3 Å². The summed E-state index contributed by atoms with van der Waals surface area (Å²) in [4.78, 5) is 12.4. The van der Waals surface area contributed by atoms with Gasteiger partial charge in [0.15, 0.2) is 0 Å². The maximum absolute atomic E-state index is 12.8. The fraction of sp³-hybridized carbons (Fsp3) is 0.0952. The molecule has 0 aliphatic heterocycles. The minimum absolute atomic E-state index is 0.0584. The fourth-order valence-corrected chi connectivity index (χ4v) is 2.63. The van der Waals surface area contributed by atoms with Gasteiger partial charge in [0.25, 0.3) is 5.91 Å². The molecule has 0 spiro atoms. The van der Waals surface area contributed by atoms with Crippen LogP contribution in [0, 0.1) is 18.3 Å². The third-order valence-corrected chi connectivity index (χ3v) is 4.12. The van der Waals surface area contributed by atoms with Gasteiger partial charge in [0, 0.05) is 16.8 Å². The largest absolute Gasteiger partial charge is 0.416 e. The van der Waals surface area contributed by atoms with Gasteiger partial charge in [-0.2, -0.15) is 23.5 Å². The Hall–Kier alpha value is -3.86. The molecule has 0 aliphatic carbocycles. The Labute approximate surface area is 164 Å². The van der Waals surface area contributed by atoms with Crippen LogP contribution in [0.2, 0.25) is 0 Å². The summed E-state index contributed by atoms with van der Waals surface area (Å²) in [6.07, 6.45) is -1.74. The van der Waals surface area contributed by atoms with Crippen molar-refractivity contribution >= 4 is 17.7 Å². The molecule has 1 heterocycles. The molecule has 1 amide bonds. The summed E-state index contributed by atoms with van der Waals surface area (Å²) >= 11 is 0. The first-order valence-corrected chi connectivity index (χ1v) is 8.49. The molecule has 3 aromatic rings. The van der Waals surface area contributed by atoms with E-state index in [0.29, 0.717) is 11.3 Å². The van der Waals surface area contributed by atoms with Crippen LogP contribution in [-0.2, 0) is 11.0 Å². The van der Waals surface area contributed by atoms with E-state index >= 15 is 0 Å². The highest BCUT2D eigenvalue weighted by molar-refractivity contribution is 6.10. The number of aromatic amines is 1. The normalized spacial score (nSPS) is 11.8. The maximum Gasteiger partial charge on any atom is 0.416 e. The zero-order valence-electron chi connectivity index (χ0n) is 15.2. The minimum Gasteiger partial charge on any atom is -0.321 e. The summed E-state index contributed by atoms with van der Waals surface area (Å²) in [6.45, 7) is 1.95. The Morgan fingerprint density at radius 2 is 1.93 bits per heavy atom.